The lowest BCUT2D eigenvalue weighted by atomic mass is 9.97. The molecule has 1 aromatic rings. The van der Waals surface area contributed by atoms with Crippen LogP contribution in [-0.2, 0) is 18.9 Å². The van der Waals surface area contributed by atoms with Crippen molar-refractivity contribution in [1.82, 2.24) is 14.3 Å². The van der Waals surface area contributed by atoms with Crippen molar-refractivity contribution >= 4 is 11.8 Å². The molecule has 2 heterocycles. The number of carbonyl (C=O) groups is 1. The molecule has 0 radical (unpaired) electrons. The number of hydrogen-bond donors (Lipinski definition) is 1. The second-order valence-corrected chi connectivity index (χ2v) is 4.69. The molecular formula is C11H16N4O4. The molecule has 1 saturated heterocycles. The maximum Gasteiger partial charge on any atom is 0.346 e. The Hall–Kier alpha value is -2.12. The fraction of sp³-hybridized carbons (Fsp3) is 0.636. The maximum absolute atomic E-state index is 12.0. The van der Waals surface area contributed by atoms with E-state index in [0.717, 1.165) is 9.25 Å². The number of aromatic nitrogens is 3. The summed E-state index contributed by atoms with van der Waals surface area (Å²) in [5.74, 6) is -0.970. The summed E-state index contributed by atoms with van der Waals surface area (Å²) in [5, 5.41) is 12.9. The topological polar surface area (TPSA) is 97.4 Å². The molecule has 8 heteroatoms. The lowest BCUT2D eigenvalue weighted by Crippen LogP contribution is -2.45. The third kappa shape index (κ3) is 2.38. The molecule has 0 bridgehead atoms. The van der Waals surface area contributed by atoms with Gasteiger partial charge in [-0.15, -0.1) is 5.10 Å². The zero-order valence-corrected chi connectivity index (χ0v) is 10.9. The summed E-state index contributed by atoms with van der Waals surface area (Å²) in [6, 6.07) is 0. The SMILES string of the molecule is Cn1nc(N2CCC(C(=O)O)CC2)c(=O)n(C)c1=O. The van der Waals surface area contributed by atoms with E-state index in [4.69, 9.17) is 5.11 Å². The summed E-state index contributed by atoms with van der Waals surface area (Å²) in [6.07, 6.45) is 0.950. The first-order valence-electron chi connectivity index (χ1n) is 6.04. The maximum atomic E-state index is 12.0. The second kappa shape index (κ2) is 4.87. The Morgan fingerprint density at radius 1 is 1.26 bits per heavy atom. The first-order chi connectivity index (χ1) is 8.91. The number of carboxylic acids is 1. The van der Waals surface area contributed by atoms with Gasteiger partial charge in [0.05, 0.1) is 5.92 Å². The molecule has 2 rings (SSSR count). The molecule has 0 amide bonds. The number of carboxylic acid groups (broad SMARTS) is 1. The second-order valence-electron chi connectivity index (χ2n) is 4.69. The van der Waals surface area contributed by atoms with Gasteiger partial charge in [-0.25, -0.2) is 9.48 Å². The van der Waals surface area contributed by atoms with E-state index < -0.39 is 17.2 Å². The van der Waals surface area contributed by atoms with Crippen LogP contribution in [0.15, 0.2) is 9.59 Å². The van der Waals surface area contributed by atoms with E-state index in [1.54, 1.807) is 4.90 Å². The molecule has 0 unspecified atom stereocenters. The smallest absolute Gasteiger partial charge is 0.346 e. The van der Waals surface area contributed by atoms with Crippen molar-refractivity contribution in [2.75, 3.05) is 18.0 Å². The molecule has 1 N–H and O–H groups in total. The number of hydrogen-bond acceptors (Lipinski definition) is 5. The fourth-order valence-electron chi connectivity index (χ4n) is 2.22. The third-order valence-electron chi connectivity index (χ3n) is 3.45. The number of anilines is 1. The van der Waals surface area contributed by atoms with Gasteiger partial charge in [-0.05, 0) is 12.8 Å². The number of rotatable bonds is 2. The van der Waals surface area contributed by atoms with E-state index in [0.29, 0.717) is 25.9 Å². The molecule has 1 fully saturated rings. The molecule has 0 atom stereocenters. The quantitative estimate of drug-likeness (QED) is 0.722. The molecule has 0 saturated carbocycles. The normalized spacial score (nSPS) is 16.6. The lowest BCUT2D eigenvalue weighted by Gasteiger charge is -2.30. The van der Waals surface area contributed by atoms with Crippen molar-refractivity contribution in [3.8, 4) is 0 Å². The number of nitrogens with zero attached hydrogens (tertiary/aromatic N) is 4. The predicted molar refractivity (Wildman–Crippen MR) is 67.3 cm³/mol. The van der Waals surface area contributed by atoms with E-state index in [9.17, 15) is 14.4 Å². The fourth-order valence-corrected chi connectivity index (χ4v) is 2.22. The third-order valence-corrected chi connectivity index (χ3v) is 3.45. The Kier molecular flexibility index (Phi) is 3.41. The van der Waals surface area contributed by atoms with Gasteiger partial charge in [0.2, 0.25) is 5.82 Å². The highest BCUT2D eigenvalue weighted by atomic mass is 16.4. The highest BCUT2D eigenvalue weighted by molar-refractivity contribution is 5.70. The molecule has 0 aliphatic carbocycles. The molecule has 19 heavy (non-hydrogen) atoms. The minimum absolute atomic E-state index is 0.202. The molecule has 0 spiro atoms. The van der Waals surface area contributed by atoms with Crippen LogP contribution in [0.2, 0.25) is 0 Å². The highest BCUT2D eigenvalue weighted by Gasteiger charge is 2.27. The van der Waals surface area contributed by atoms with Crippen LogP contribution in [-0.4, -0.2) is 38.5 Å². The Morgan fingerprint density at radius 2 is 1.84 bits per heavy atom. The molecule has 104 valence electrons. The number of piperidine rings is 1. The summed E-state index contributed by atoms with van der Waals surface area (Å²) in [4.78, 5) is 36.1. The Morgan fingerprint density at radius 3 is 2.37 bits per heavy atom. The zero-order chi connectivity index (χ0) is 14.2. The van der Waals surface area contributed by atoms with Gasteiger partial charge < -0.3 is 10.0 Å². The van der Waals surface area contributed by atoms with E-state index in [1.807, 2.05) is 0 Å². The van der Waals surface area contributed by atoms with Crippen molar-refractivity contribution in [3.05, 3.63) is 20.8 Å². The molecule has 1 aromatic heterocycles. The summed E-state index contributed by atoms with van der Waals surface area (Å²) in [5.41, 5.74) is -0.925. The van der Waals surface area contributed by atoms with E-state index in [2.05, 4.69) is 5.10 Å². The highest BCUT2D eigenvalue weighted by Crippen LogP contribution is 2.19. The van der Waals surface area contributed by atoms with Crippen LogP contribution in [0.5, 0.6) is 0 Å². The predicted octanol–water partition coefficient (Wildman–Crippen LogP) is -1.22. The molecular weight excluding hydrogens is 252 g/mol. The first-order valence-corrected chi connectivity index (χ1v) is 6.04. The number of aryl methyl sites for hydroxylation is 1. The van der Waals surface area contributed by atoms with Crippen LogP contribution in [0.1, 0.15) is 12.8 Å². The standard InChI is InChI=1S/C11H16N4O4/c1-13-9(16)8(12-14(2)11(13)19)15-5-3-7(4-6-15)10(17)18/h7H,3-6H2,1-2H3,(H,17,18). The van der Waals surface area contributed by atoms with Crippen molar-refractivity contribution in [2.45, 2.75) is 12.8 Å². The Balaban J connectivity index is 2.28. The molecule has 8 nitrogen and oxygen atoms in total. The van der Waals surface area contributed by atoms with E-state index >= 15 is 0 Å². The molecule has 1 aliphatic rings. The van der Waals surface area contributed by atoms with Crippen LogP contribution < -0.4 is 16.1 Å². The minimum Gasteiger partial charge on any atom is -0.481 e. The number of aliphatic carboxylic acids is 1. The van der Waals surface area contributed by atoms with Gasteiger partial charge in [-0.1, -0.05) is 0 Å². The average molecular weight is 268 g/mol. The monoisotopic (exact) mass is 268 g/mol. The van der Waals surface area contributed by atoms with Gasteiger partial charge >= 0.3 is 11.7 Å². The van der Waals surface area contributed by atoms with Gasteiger partial charge in [0.1, 0.15) is 0 Å². The molecule has 0 aromatic carbocycles. The van der Waals surface area contributed by atoms with E-state index in [1.165, 1.54) is 14.1 Å². The lowest BCUT2D eigenvalue weighted by molar-refractivity contribution is -0.142. The summed E-state index contributed by atoms with van der Waals surface area (Å²) >= 11 is 0. The van der Waals surface area contributed by atoms with Gasteiger partial charge in [0.25, 0.3) is 5.56 Å². The van der Waals surface area contributed by atoms with Crippen LogP contribution >= 0.6 is 0 Å². The summed E-state index contributed by atoms with van der Waals surface area (Å²) in [6.45, 7) is 0.912. The van der Waals surface area contributed by atoms with Crippen LogP contribution in [0, 0.1) is 5.92 Å². The Bertz CT molecular complexity index is 610. The van der Waals surface area contributed by atoms with Crippen LogP contribution in [0.4, 0.5) is 5.82 Å². The summed E-state index contributed by atoms with van der Waals surface area (Å²) in [7, 11) is 2.88. The van der Waals surface area contributed by atoms with Crippen molar-refractivity contribution in [3.63, 3.8) is 0 Å². The first kappa shape index (κ1) is 13.3. The van der Waals surface area contributed by atoms with Gasteiger partial charge in [0.15, 0.2) is 0 Å². The van der Waals surface area contributed by atoms with Crippen LogP contribution in [0.25, 0.3) is 0 Å². The van der Waals surface area contributed by atoms with E-state index in [-0.39, 0.29) is 11.7 Å². The van der Waals surface area contributed by atoms with Gasteiger partial charge in [-0.2, -0.15) is 0 Å². The summed E-state index contributed by atoms with van der Waals surface area (Å²) < 4.78 is 2.12. The minimum atomic E-state index is -0.805. The Labute approximate surface area is 108 Å². The van der Waals surface area contributed by atoms with Gasteiger partial charge in [-0.3, -0.25) is 14.2 Å². The average Bonchev–Trinajstić information content (AvgIpc) is 2.40. The molecule has 1 aliphatic heterocycles. The van der Waals surface area contributed by atoms with Crippen molar-refractivity contribution in [2.24, 2.45) is 20.0 Å². The van der Waals surface area contributed by atoms with Crippen molar-refractivity contribution in [1.29, 1.82) is 0 Å². The van der Waals surface area contributed by atoms with Crippen LogP contribution in [0.3, 0.4) is 0 Å². The van der Waals surface area contributed by atoms with Crippen molar-refractivity contribution < 1.29 is 9.90 Å². The largest absolute Gasteiger partial charge is 0.481 e. The van der Waals surface area contributed by atoms with Gasteiger partial charge in [0, 0.05) is 27.2 Å². The zero-order valence-electron chi connectivity index (χ0n) is 10.9.